The molecule has 0 atom stereocenters. The van der Waals surface area contributed by atoms with Crippen molar-refractivity contribution in [2.24, 2.45) is 0 Å². The van der Waals surface area contributed by atoms with Gasteiger partial charge in [0.1, 0.15) is 11.4 Å². The molecule has 0 saturated heterocycles. The van der Waals surface area contributed by atoms with Crippen molar-refractivity contribution in [1.82, 2.24) is 10.3 Å². The monoisotopic (exact) mass is 313 g/mol. The van der Waals surface area contributed by atoms with E-state index in [9.17, 15) is 9.59 Å². The maximum absolute atomic E-state index is 12.1. The zero-order valence-electron chi connectivity index (χ0n) is 13.3. The van der Waals surface area contributed by atoms with Gasteiger partial charge in [-0.1, -0.05) is 0 Å². The predicted octanol–water partition coefficient (Wildman–Crippen LogP) is 2.48. The van der Waals surface area contributed by atoms with E-state index >= 15 is 0 Å². The molecule has 2 aromatic rings. The number of methoxy groups -OCH3 is 1. The van der Waals surface area contributed by atoms with Gasteiger partial charge in [-0.25, -0.2) is 0 Å². The quantitative estimate of drug-likeness (QED) is 0.888. The largest absolute Gasteiger partial charge is 0.497 e. The molecule has 1 aromatic carbocycles. The summed E-state index contributed by atoms with van der Waals surface area (Å²) in [6.45, 7) is 3.79. The third kappa shape index (κ3) is 4.54. The topological polar surface area (TPSA) is 80.3 Å². The number of carbonyl (C=O) groups is 2. The average molecular weight is 313 g/mol. The van der Waals surface area contributed by atoms with E-state index in [4.69, 9.17) is 4.74 Å². The van der Waals surface area contributed by atoms with Gasteiger partial charge in [-0.15, -0.1) is 0 Å². The maximum atomic E-state index is 12.1. The Hall–Kier alpha value is -2.89. The number of ether oxygens (including phenoxy) is 1. The van der Waals surface area contributed by atoms with Crippen LogP contribution < -0.4 is 15.4 Å². The third-order valence-electron chi connectivity index (χ3n) is 3.02. The molecule has 0 fully saturated rings. The molecule has 1 heterocycles. The first-order valence-electron chi connectivity index (χ1n) is 7.22. The lowest BCUT2D eigenvalue weighted by Gasteiger charge is -2.09. The molecule has 0 aliphatic carbocycles. The van der Waals surface area contributed by atoms with Gasteiger partial charge in [-0.2, -0.15) is 0 Å². The van der Waals surface area contributed by atoms with Crippen LogP contribution >= 0.6 is 0 Å². The minimum Gasteiger partial charge on any atom is -0.497 e. The summed E-state index contributed by atoms with van der Waals surface area (Å²) < 4.78 is 5.06. The van der Waals surface area contributed by atoms with E-state index in [2.05, 4.69) is 15.6 Å². The van der Waals surface area contributed by atoms with E-state index in [1.165, 1.54) is 13.3 Å². The highest BCUT2D eigenvalue weighted by atomic mass is 16.5. The van der Waals surface area contributed by atoms with Crippen LogP contribution in [0.5, 0.6) is 5.75 Å². The van der Waals surface area contributed by atoms with Crippen molar-refractivity contribution >= 4 is 17.5 Å². The summed E-state index contributed by atoms with van der Waals surface area (Å²) >= 11 is 0. The molecule has 2 N–H and O–H groups in total. The molecule has 0 saturated carbocycles. The van der Waals surface area contributed by atoms with E-state index in [1.807, 2.05) is 13.8 Å². The second kappa shape index (κ2) is 7.40. The van der Waals surface area contributed by atoms with Crippen molar-refractivity contribution in [2.45, 2.75) is 19.9 Å². The number of pyridine rings is 1. The number of nitrogens with one attached hydrogen (secondary N) is 2. The molecular weight excluding hydrogens is 294 g/mol. The lowest BCUT2D eigenvalue weighted by atomic mass is 10.2. The number of hydrogen-bond donors (Lipinski definition) is 2. The van der Waals surface area contributed by atoms with E-state index in [0.717, 1.165) is 0 Å². The summed E-state index contributed by atoms with van der Waals surface area (Å²) in [5, 5.41) is 5.54. The van der Waals surface area contributed by atoms with Crippen LogP contribution in [0.1, 0.15) is 34.7 Å². The van der Waals surface area contributed by atoms with E-state index in [1.54, 1.807) is 36.4 Å². The highest BCUT2D eigenvalue weighted by Gasteiger charge is 2.10. The molecule has 0 radical (unpaired) electrons. The molecule has 120 valence electrons. The zero-order valence-corrected chi connectivity index (χ0v) is 13.3. The smallest absolute Gasteiger partial charge is 0.274 e. The van der Waals surface area contributed by atoms with Gasteiger partial charge in [0.25, 0.3) is 11.8 Å². The first-order valence-corrected chi connectivity index (χ1v) is 7.22. The second-order valence-electron chi connectivity index (χ2n) is 5.24. The summed E-state index contributed by atoms with van der Waals surface area (Å²) in [5.41, 5.74) is 1.38. The molecule has 0 aliphatic heterocycles. The summed E-state index contributed by atoms with van der Waals surface area (Å²) in [5.74, 6) is 0.0708. The fourth-order valence-corrected chi connectivity index (χ4v) is 1.91. The highest BCUT2D eigenvalue weighted by molar-refractivity contribution is 6.03. The Balaban J connectivity index is 2.05. The predicted molar refractivity (Wildman–Crippen MR) is 87.8 cm³/mol. The number of anilines is 1. The first kappa shape index (κ1) is 16.5. The van der Waals surface area contributed by atoms with Crippen molar-refractivity contribution in [3.05, 3.63) is 53.9 Å². The molecule has 6 nitrogen and oxygen atoms in total. The molecule has 1 aromatic heterocycles. The van der Waals surface area contributed by atoms with E-state index < -0.39 is 0 Å². The normalized spacial score (nSPS) is 10.3. The minimum absolute atomic E-state index is 0.0704. The fraction of sp³-hybridized carbons (Fsp3) is 0.235. The average Bonchev–Trinajstić information content (AvgIpc) is 2.55. The molecule has 2 amide bonds. The van der Waals surface area contributed by atoms with Gasteiger partial charge < -0.3 is 15.4 Å². The van der Waals surface area contributed by atoms with Crippen LogP contribution in [0.3, 0.4) is 0 Å². The SMILES string of the molecule is COc1ccnc(C(=O)Nc2ccc(C(=O)NC(C)C)cc2)c1. The third-order valence-corrected chi connectivity index (χ3v) is 3.02. The van der Waals surface area contributed by atoms with Crippen molar-refractivity contribution in [1.29, 1.82) is 0 Å². The number of nitrogens with zero attached hydrogens (tertiary/aromatic N) is 1. The molecule has 23 heavy (non-hydrogen) atoms. The number of amides is 2. The Morgan fingerprint density at radius 2 is 1.78 bits per heavy atom. The number of benzene rings is 1. The molecular formula is C17H19N3O3. The van der Waals surface area contributed by atoms with Gasteiger partial charge in [0.05, 0.1) is 7.11 Å². The van der Waals surface area contributed by atoms with E-state index in [0.29, 0.717) is 17.0 Å². The van der Waals surface area contributed by atoms with Gasteiger partial charge >= 0.3 is 0 Å². The Bertz CT molecular complexity index is 696. The number of aromatic nitrogens is 1. The van der Waals surface area contributed by atoms with Crippen molar-refractivity contribution in [3.8, 4) is 5.75 Å². The van der Waals surface area contributed by atoms with Crippen molar-refractivity contribution in [2.75, 3.05) is 12.4 Å². The van der Waals surface area contributed by atoms with E-state index in [-0.39, 0.29) is 23.6 Å². The molecule has 0 unspecified atom stereocenters. The summed E-state index contributed by atoms with van der Waals surface area (Å²) in [6.07, 6.45) is 1.51. The summed E-state index contributed by atoms with van der Waals surface area (Å²) in [6, 6.07) is 9.96. The van der Waals surface area contributed by atoms with Gasteiger partial charge in [0, 0.05) is 29.6 Å². The molecule has 0 bridgehead atoms. The van der Waals surface area contributed by atoms with Gasteiger partial charge in [-0.05, 0) is 44.2 Å². The van der Waals surface area contributed by atoms with Crippen LogP contribution in [-0.2, 0) is 0 Å². The van der Waals surface area contributed by atoms with Gasteiger partial charge in [-0.3, -0.25) is 14.6 Å². The van der Waals surface area contributed by atoms with Crippen LogP contribution in [0, 0.1) is 0 Å². The molecule has 6 heteroatoms. The number of hydrogen-bond acceptors (Lipinski definition) is 4. The Labute approximate surface area is 134 Å². The molecule has 2 rings (SSSR count). The minimum atomic E-state index is -0.344. The van der Waals surface area contributed by atoms with Crippen LogP contribution in [0.2, 0.25) is 0 Å². The number of rotatable bonds is 5. The highest BCUT2D eigenvalue weighted by Crippen LogP contribution is 2.14. The van der Waals surface area contributed by atoms with Gasteiger partial charge in [0.15, 0.2) is 0 Å². The second-order valence-corrected chi connectivity index (χ2v) is 5.24. The Morgan fingerprint density at radius 3 is 2.39 bits per heavy atom. The van der Waals surface area contributed by atoms with Crippen LogP contribution in [0.4, 0.5) is 5.69 Å². The number of carbonyl (C=O) groups excluding carboxylic acids is 2. The lowest BCUT2D eigenvalue weighted by Crippen LogP contribution is -2.30. The fourth-order valence-electron chi connectivity index (χ4n) is 1.91. The van der Waals surface area contributed by atoms with Crippen molar-refractivity contribution in [3.63, 3.8) is 0 Å². The lowest BCUT2D eigenvalue weighted by molar-refractivity contribution is 0.0942. The standard InChI is InChI=1S/C17H19N3O3/c1-11(2)19-16(21)12-4-6-13(7-5-12)20-17(22)15-10-14(23-3)8-9-18-15/h4-11H,1-3H3,(H,19,21)(H,20,22). The Morgan fingerprint density at radius 1 is 1.09 bits per heavy atom. The van der Waals surface area contributed by atoms with Crippen LogP contribution in [0.25, 0.3) is 0 Å². The van der Waals surface area contributed by atoms with Crippen molar-refractivity contribution < 1.29 is 14.3 Å². The van der Waals surface area contributed by atoms with Crippen LogP contribution in [-0.4, -0.2) is 29.9 Å². The summed E-state index contributed by atoms with van der Waals surface area (Å²) in [4.78, 5) is 28.0. The van der Waals surface area contributed by atoms with Gasteiger partial charge in [0.2, 0.25) is 0 Å². The molecule has 0 spiro atoms. The zero-order chi connectivity index (χ0) is 16.8. The molecule has 0 aliphatic rings. The first-order chi connectivity index (χ1) is 11.0. The van der Waals surface area contributed by atoms with Crippen LogP contribution in [0.15, 0.2) is 42.6 Å². The Kier molecular flexibility index (Phi) is 5.30. The maximum Gasteiger partial charge on any atom is 0.274 e. The summed E-state index contributed by atoms with van der Waals surface area (Å²) in [7, 11) is 1.53.